The van der Waals surface area contributed by atoms with Crippen molar-refractivity contribution < 1.29 is 4.92 Å². The van der Waals surface area contributed by atoms with E-state index in [0.717, 1.165) is 16.9 Å². The average Bonchev–Trinajstić information content (AvgIpc) is 2.86. The Morgan fingerprint density at radius 3 is 2.77 bits per heavy atom. The van der Waals surface area contributed by atoms with Crippen molar-refractivity contribution in [2.45, 2.75) is 19.2 Å². The molecule has 2 aromatic heterocycles. The Morgan fingerprint density at radius 1 is 1.32 bits per heavy atom. The average molecular weight is 316 g/mol. The van der Waals surface area contributed by atoms with E-state index >= 15 is 0 Å². The molecule has 5 nitrogen and oxygen atoms in total. The van der Waals surface area contributed by atoms with Crippen molar-refractivity contribution in [3.05, 3.63) is 64.0 Å². The quantitative estimate of drug-likeness (QED) is 0.405. The number of rotatable bonds is 3. The van der Waals surface area contributed by atoms with Crippen LogP contribution in [0.25, 0.3) is 16.9 Å². The van der Waals surface area contributed by atoms with Gasteiger partial charge in [-0.25, -0.2) is 4.98 Å². The lowest BCUT2D eigenvalue weighted by Crippen LogP contribution is -1.96. The molecule has 0 fully saturated rings. The van der Waals surface area contributed by atoms with Crippen LogP contribution in [-0.4, -0.2) is 14.3 Å². The molecule has 0 N–H and O–H groups in total. The zero-order valence-electron chi connectivity index (χ0n) is 12.2. The molecule has 0 radical (unpaired) electrons. The fourth-order valence-corrected chi connectivity index (χ4v) is 2.74. The first-order valence-electron chi connectivity index (χ1n) is 6.85. The van der Waals surface area contributed by atoms with E-state index in [2.05, 4.69) is 4.98 Å². The van der Waals surface area contributed by atoms with E-state index in [4.69, 9.17) is 11.6 Å². The van der Waals surface area contributed by atoms with Gasteiger partial charge in [0, 0.05) is 23.9 Å². The number of halogens is 1. The van der Waals surface area contributed by atoms with Gasteiger partial charge in [0.05, 0.1) is 21.7 Å². The first kappa shape index (κ1) is 14.5. The molecule has 2 heterocycles. The molecule has 3 rings (SSSR count). The molecule has 0 aliphatic carbocycles. The molecule has 0 bridgehead atoms. The third kappa shape index (κ3) is 2.44. The minimum Gasteiger partial charge on any atom is -0.302 e. The number of nitro benzene ring substituents is 1. The molecular formula is C16H14ClN3O2. The number of hydrogen-bond acceptors (Lipinski definition) is 3. The van der Waals surface area contributed by atoms with Gasteiger partial charge in [0.15, 0.2) is 0 Å². The first-order valence-corrected chi connectivity index (χ1v) is 7.28. The molecule has 0 saturated heterocycles. The van der Waals surface area contributed by atoms with Crippen LogP contribution in [0.1, 0.15) is 23.6 Å². The topological polar surface area (TPSA) is 60.4 Å². The van der Waals surface area contributed by atoms with Crippen LogP contribution < -0.4 is 0 Å². The van der Waals surface area contributed by atoms with E-state index in [1.807, 2.05) is 42.6 Å². The Morgan fingerprint density at radius 2 is 2.09 bits per heavy atom. The second-order valence-electron chi connectivity index (χ2n) is 5.20. The molecule has 1 atom stereocenters. The maximum atomic E-state index is 11.0. The van der Waals surface area contributed by atoms with Gasteiger partial charge in [0.2, 0.25) is 0 Å². The van der Waals surface area contributed by atoms with Gasteiger partial charge in [-0.15, -0.1) is 11.6 Å². The molecule has 6 heteroatoms. The Balaban J connectivity index is 2.28. The number of alkyl halides is 1. The zero-order chi connectivity index (χ0) is 15.9. The van der Waals surface area contributed by atoms with Crippen LogP contribution in [-0.2, 0) is 0 Å². The summed E-state index contributed by atoms with van der Waals surface area (Å²) in [6.45, 7) is 3.86. The van der Waals surface area contributed by atoms with Crippen molar-refractivity contribution in [1.82, 2.24) is 9.38 Å². The molecule has 1 aromatic carbocycles. The standard InChI is InChI=1S/C16H14ClN3O2/c1-10-6-7-14-18-15(16(11(2)17)19(14)9-10)12-4-3-5-13(8-12)20(21)22/h3-9,11H,1-2H3. The molecule has 3 aromatic rings. The van der Waals surface area contributed by atoms with E-state index < -0.39 is 4.92 Å². The summed E-state index contributed by atoms with van der Waals surface area (Å²) in [4.78, 5) is 15.2. The SMILES string of the molecule is Cc1ccc2nc(-c3cccc([N+](=O)[O-])c3)c(C(C)Cl)n2c1. The predicted octanol–water partition coefficient (Wildman–Crippen LogP) is 4.52. The third-order valence-electron chi connectivity index (χ3n) is 3.51. The second kappa shape index (κ2) is 5.42. The Hall–Kier alpha value is -2.40. The van der Waals surface area contributed by atoms with Crippen molar-refractivity contribution >= 4 is 22.9 Å². The minimum atomic E-state index is -0.409. The van der Waals surface area contributed by atoms with Gasteiger partial charge in [0.25, 0.3) is 5.69 Å². The summed E-state index contributed by atoms with van der Waals surface area (Å²) in [6.07, 6.45) is 1.97. The van der Waals surface area contributed by atoms with Crippen LogP contribution in [0.5, 0.6) is 0 Å². The lowest BCUT2D eigenvalue weighted by molar-refractivity contribution is -0.384. The number of pyridine rings is 1. The van der Waals surface area contributed by atoms with Crippen LogP contribution in [0.3, 0.4) is 0 Å². The number of non-ortho nitro benzene ring substituents is 1. The van der Waals surface area contributed by atoms with Gasteiger partial charge in [-0.3, -0.25) is 10.1 Å². The van der Waals surface area contributed by atoms with Crippen molar-refractivity contribution in [2.75, 3.05) is 0 Å². The smallest absolute Gasteiger partial charge is 0.270 e. The summed E-state index contributed by atoms with van der Waals surface area (Å²) in [7, 11) is 0. The molecule has 1 unspecified atom stereocenters. The number of benzene rings is 1. The van der Waals surface area contributed by atoms with Crippen LogP contribution in [0.4, 0.5) is 5.69 Å². The molecule has 0 spiro atoms. The molecule has 22 heavy (non-hydrogen) atoms. The first-order chi connectivity index (χ1) is 10.5. The van der Waals surface area contributed by atoms with Gasteiger partial charge >= 0.3 is 0 Å². The van der Waals surface area contributed by atoms with Gasteiger partial charge in [0.1, 0.15) is 5.65 Å². The van der Waals surface area contributed by atoms with Crippen molar-refractivity contribution in [3.63, 3.8) is 0 Å². The third-order valence-corrected chi connectivity index (χ3v) is 3.72. The molecular weight excluding hydrogens is 302 g/mol. The highest BCUT2D eigenvalue weighted by Gasteiger charge is 2.19. The highest BCUT2D eigenvalue weighted by molar-refractivity contribution is 6.20. The number of nitrogens with zero attached hydrogens (tertiary/aromatic N) is 3. The van der Waals surface area contributed by atoms with Crippen LogP contribution in [0, 0.1) is 17.0 Å². The number of fused-ring (bicyclic) bond motifs is 1. The maximum absolute atomic E-state index is 11.0. The molecule has 0 saturated carbocycles. The van der Waals surface area contributed by atoms with Crippen LogP contribution in [0.15, 0.2) is 42.6 Å². The van der Waals surface area contributed by atoms with E-state index in [9.17, 15) is 10.1 Å². The molecule has 112 valence electrons. The van der Waals surface area contributed by atoms with Gasteiger partial charge < -0.3 is 4.40 Å². The number of imidazole rings is 1. The normalized spacial score (nSPS) is 12.5. The number of aryl methyl sites for hydroxylation is 1. The van der Waals surface area contributed by atoms with E-state index in [0.29, 0.717) is 11.3 Å². The Kier molecular flexibility index (Phi) is 3.58. The molecule has 0 amide bonds. The number of hydrogen-bond donors (Lipinski definition) is 0. The summed E-state index contributed by atoms with van der Waals surface area (Å²) in [5.74, 6) is 0. The van der Waals surface area contributed by atoms with Gasteiger partial charge in [-0.2, -0.15) is 0 Å². The van der Waals surface area contributed by atoms with E-state index in [-0.39, 0.29) is 11.1 Å². The number of aromatic nitrogens is 2. The van der Waals surface area contributed by atoms with Crippen LogP contribution >= 0.6 is 11.6 Å². The van der Waals surface area contributed by atoms with Crippen molar-refractivity contribution in [1.29, 1.82) is 0 Å². The second-order valence-corrected chi connectivity index (χ2v) is 5.86. The zero-order valence-corrected chi connectivity index (χ0v) is 12.9. The van der Waals surface area contributed by atoms with Crippen molar-refractivity contribution in [2.24, 2.45) is 0 Å². The molecule has 0 aliphatic rings. The largest absolute Gasteiger partial charge is 0.302 e. The van der Waals surface area contributed by atoms with Gasteiger partial charge in [-0.05, 0) is 25.5 Å². The summed E-state index contributed by atoms with van der Waals surface area (Å²) in [6, 6.07) is 10.3. The number of nitro groups is 1. The monoisotopic (exact) mass is 315 g/mol. The highest BCUT2D eigenvalue weighted by atomic mass is 35.5. The Labute approximate surface area is 132 Å². The fourth-order valence-electron chi connectivity index (χ4n) is 2.53. The maximum Gasteiger partial charge on any atom is 0.270 e. The lowest BCUT2D eigenvalue weighted by Gasteiger charge is -2.07. The van der Waals surface area contributed by atoms with Crippen LogP contribution in [0.2, 0.25) is 0 Å². The summed E-state index contributed by atoms with van der Waals surface area (Å²) >= 11 is 6.34. The highest BCUT2D eigenvalue weighted by Crippen LogP contribution is 2.33. The fraction of sp³-hybridized carbons (Fsp3) is 0.188. The summed E-state index contributed by atoms with van der Waals surface area (Å²) in [5.41, 5.74) is 4.11. The predicted molar refractivity (Wildman–Crippen MR) is 86.3 cm³/mol. The molecule has 0 aliphatic heterocycles. The van der Waals surface area contributed by atoms with Crippen molar-refractivity contribution in [3.8, 4) is 11.3 Å². The summed E-state index contributed by atoms with van der Waals surface area (Å²) in [5, 5.41) is 10.7. The van der Waals surface area contributed by atoms with E-state index in [1.165, 1.54) is 12.1 Å². The lowest BCUT2D eigenvalue weighted by atomic mass is 10.1. The minimum absolute atomic E-state index is 0.0407. The summed E-state index contributed by atoms with van der Waals surface area (Å²) < 4.78 is 1.95. The van der Waals surface area contributed by atoms with Gasteiger partial charge in [-0.1, -0.05) is 18.2 Å². The van der Waals surface area contributed by atoms with E-state index in [1.54, 1.807) is 6.07 Å². The Bertz CT molecular complexity index is 871.